The summed E-state index contributed by atoms with van der Waals surface area (Å²) in [6.45, 7) is 5.52. The van der Waals surface area contributed by atoms with Crippen molar-refractivity contribution in [2.24, 2.45) is 5.92 Å². The second-order valence-corrected chi connectivity index (χ2v) is 14.6. The van der Waals surface area contributed by atoms with Crippen LogP contribution in [0.5, 0.6) is 5.75 Å². The molecule has 0 aliphatic carbocycles. The molecule has 3 aliphatic rings. The highest BCUT2D eigenvalue weighted by Crippen LogP contribution is 2.50. The van der Waals surface area contributed by atoms with Crippen molar-refractivity contribution in [3.8, 4) is 5.75 Å². The van der Waals surface area contributed by atoms with Crippen LogP contribution in [0.15, 0.2) is 66.4 Å². The lowest BCUT2D eigenvalue weighted by molar-refractivity contribution is -0.187. The number of epoxide rings is 1. The number of esters is 1. The van der Waals surface area contributed by atoms with Gasteiger partial charge in [0.2, 0.25) is 5.91 Å². The Hall–Kier alpha value is -4.69. The van der Waals surface area contributed by atoms with E-state index < -0.39 is 59.5 Å². The standard InChI is InChI=1S/C39H45ClN4O9/c1-21-9-7-11-30(50-6)39(48)19-29(51-33(46)20-39)22(2)36-38(3,53-36)31(18-32(45)44(4)27-16-23(15-21)17-28(49-5)34(27)40)52-37(47)43-26-13-12-25(41)24-10-8-14-42-35(24)26/h7-14,16-17,22,29-31,36,48H,15,18-20,41H2,1-6H3,(H,43,47)/b11-7+,21-9+/t22-,29+,30-,31+,36+,38+,39-/m1/s1. The smallest absolute Gasteiger partial charge is 0.412 e. The quantitative estimate of drug-likeness (QED) is 0.168. The van der Waals surface area contributed by atoms with Gasteiger partial charge in [-0.05, 0) is 62.2 Å². The minimum absolute atomic E-state index is 0.0659. The number of amides is 2. The van der Waals surface area contributed by atoms with Crippen LogP contribution in [0.4, 0.5) is 21.9 Å². The van der Waals surface area contributed by atoms with Gasteiger partial charge in [0.05, 0.1) is 42.9 Å². The zero-order valence-corrected chi connectivity index (χ0v) is 31.3. The van der Waals surface area contributed by atoms with Gasteiger partial charge in [0.25, 0.3) is 0 Å². The highest BCUT2D eigenvalue weighted by Gasteiger charge is 2.64. The Kier molecular flexibility index (Phi) is 10.8. The van der Waals surface area contributed by atoms with Gasteiger partial charge in [-0.15, -0.1) is 0 Å². The van der Waals surface area contributed by atoms with Gasteiger partial charge >= 0.3 is 12.1 Å². The van der Waals surface area contributed by atoms with Crippen LogP contribution in [0.3, 0.4) is 0 Å². The van der Waals surface area contributed by atoms with Gasteiger partial charge in [0, 0.05) is 43.8 Å². The molecule has 4 N–H and O–H groups in total. The SMILES string of the molecule is COc1cc2cc(c1Cl)N(C)C(=O)C[C@H](OC(=O)Nc1ccc(N)c3cccnc13)[C@]1(C)O[C@H]1[C@H](C)[C@@H]1C[C@@](O)(CC(=O)O1)[C@H](OC)/C=C/C=C(\C)C2. The Morgan fingerprint density at radius 1 is 1.21 bits per heavy atom. The summed E-state index contributed by atoms with van der Waals surface area (Å²) < 4.78 is 29.4. The number of hydrogen-bond donors (Lipinski definition) is 3. The van der Waals surface area contributed by atoms with Crippen LogP contribution in [-0.4, -0.2) is 84.9 Å². The number of pyridine rings is 1. The zero-order valence-electron chi connectivity index (χ0n) is 30.6. The minimum atomic E-state index is -1.57. The molecule has 1 aromatic heterocycles. The molecule has 7 atom stereocenters. The van der Waals surface area contributed by atoms with Gasteiger partial charge in [0.15, 0.2) is 0 Å². The highest BCUT2D eigenvalue weighted by atomic mass is 35.5. The molecule has 53 heavy (non-hydrogen) atoms. The topological polar surface area (TPSA) is 175 Å². The molecule has 3 aliphatic heterocycles. The van der Waals surface area contributed by atoms with Crippen LogP contribution < -0.4 is 20.7 Å². The number of allylic oxidation sites excluding steroid dienone is 3. The van der Waals surface area contributed by atoms with E-state index in [9.17, 15) is 19.5 Å². The number of hydrogen-bond acceptors (Lipinski definition) is 11. The second kappa shape index (κ2) is 15.0. The molecule has 2 saturated heterocycles. The Morgan fingerprint density at radius 3 is 2.72 bits per heavy atom. The van der Waals surface area contributed by atoms with Gasteiger partial charge in [-0.2, -0.15) is 0 Å². The molecule has 3 aromatic rings. The number of fused-ring (bicyclic) bond motifs is 6. The van der Waals surface area contributed by atoms with Crippen LogP contribution in [0, 0.1) is 5.92 Å². The van der Waals surface area contributed by atoms with Gasteiger partial charge in [-0.1, -0.05) is 42.3 Å². The number of carbonyl (C=O) groups is 3. The monoisotopic (exact) mass is 748 g/mol. The van der Waals surface area contributed by atoms with E-state index in [0.717, 1.165) is 11.1 Å². The summed E-state index contributed by atoms with van der Waals surface area (Å²) in [5, 5.41) is 15.5. The number of nitrogens with two attached hydrogens (primary N) is 1. The van der Waals surface area contributed by atoms with E-state index in [1.54, 1.807) is 62.7 Å². The largest absolute Gasteiger partial charge is 0.495 e. The molecule has 2 fully saturated rings. The lowest BCUT2D eigenvalue weighted by atomic mass is 9.78. The van der Waals surface area contributed by atoms with E-state index in [1.165, 1.54) is 19.1 Å². The number of nitrogen functional groups attached to an aromatic ring is 1. The summed E-state index contributed by atoms with van der Waals surface area (Å²) >= 11 is 6.77. The average molecular weight is 749 g/mol. The van der Waals surface area contributed by atoms with Crippen LogP contribution in [0.1, 0.15) is 45.6 Å². The molecule has 13 nitrogen and oxygen atoms in total. The summed E-state index contributed by atoms with van der Waals surface area (Å²) in [5.74, 6) is -1.09. The Morgan fingerprint density at radius 2 is 1.98 bits per heavy atom. The van der Waals surface area contributed by atoms with Crippen molar-refractivity contribution in [2.45, 2.75) is 82.1 Å². The first kappa shape index (κ1) is 38.0. The fraction of sp³-hybridized carbons (Fsp3) is 0.436. The van der Waals surface area contributed by atoms with Crippen molar-refractivity contribution in [2.75, 3.05) is 37.2 Å². The Labute approximate surface area is 313 Å². The van der Waals surface area contributed by atoms with Gasteiger partial charge in [-0.3, -0.25) is 19.9 Å². The lowest BCUT2D eigenvalue weighted by Gasteiger charge is -2.41. The molecule has 0 spiro atoms. The van der Waals surface area contributed by atoms with Crippen molar-refractivity contribution in [1.82, 2.24) is 4.98 Å². The van der Waals surface area contributed by atoms with Gasteiger partial charge < -0.3 is 39.4 Å². The number of benzene rings is 2. The number of anilines is 3. The first-order valence-electron chi connectivity index (χ1n) is 17.4. The molecule has 4 bridgehead atoms. The van der Waals surface area contributed by atoms with Crippen LogP contribution >= 0.6 is 11.6 Å². The fourth-order valence-electron chi connectivity index (χ4n) is 7.42. The van der Waals surface area contributed by atoms with Crippen LogP contribution in [0.25, 0.3) is 10.9 Å². The van der Waals surface area contributed by atoms with Crippen molar-refractivity contribution >= 4 is 57.5 Å². The number of aliphatic hydroxyl groups is 1. The normalized spacial score (nSPS) is 30.8. The van der Waals surface area contributed by atoms with E-state index in [4.69, 9.17) is 41.0 Å². The molecule has 0 saturated carbocycles. The summed E-state index contributed by atoms with van der Waals surface area (Å²) in [5.41, 5.74) is 6.88. The lowest BCUT2D eigenvalue weighted by Crippen LogP contribution is -2.53. The molecule has 0 unspecified atom stereocenters. The van der Waals surface area contributed by atoms with Crippen LogP contribution in [-0.2, 0) is 35.0 Å². The number of rotatable bonds is 4. The van der Waals surface area contributed by atoms with E-state index in [0.29, 0.717) is 40.1 Å². The predicted octanol–water partition coefficient (Wildman–Crippen LogP) is 5.75. The van der Waals surface area contributed by atoms with Crippen LogP contribution in [0.2, 0.25) is 5.02 Å². The van der Waals surface area contributed by atoms with Crippen molar-refractivity contribution < 1.29 is 43.2 Å². The van der Waals surface area contributed by atoms with E-state index in [2.05, 4.69) is 10.3 Å². The molecular weight excluding hydrogens is 704 g/mol. The predicted molar refractivity (Wildman–Crippen MR) is 200 cm³/mol. The number of nitrogens with zero attached hydrogens (tertiary/aromatic N) is 2. The van der Waals surface area contributed by atoms with E-state index in [1.807, 2.05) is 26.0 Å². The summed E-state index contributed by atoms with van der Waals surface area (Å²) in [6, 6.07) is 10.4. The Balaban J connectivity index is 1.38. The number of halogens is 1. The third-order valence-electron chi connectivity index (χ3n) is 10.5. The first-order chi connectivity index (χ1) is 25.2. The number of methoxy groups -OCH3 is 2. The van der Waals surface area contributed by atoms with Crippen molar-refractivity contribution in [3.63, 3.8) is 0 Å². The highest BCUT2D eigenvalue weighted by molar-refractivity contribution is 6.35. The molecule has 282 valence electrons. The maximum Gasteiger partial charge on any atom is 0.412 e. The summed E-state index contributed by atoms with van der Waals surface area (Å²) in [7, 11) is 4.57. The number of ether oxygens (including phenoxy) is 5. The summed E-state index contributed by atoms with van der Waals surface area (Å²) in [6.07, 6.45) is 2.77. The first-order valence-corrected chi connectivity index (χ1v) is 17.8. The second-order valence-electron chi connectivity index (χ2n) is 14.2. The van der Waals surface area contributed by atoms with Gasteiger partial charge in [-0.25, -0.2) is 4.79 Å². The molecule has 2 amide bonds. The zero-order chi connectivity index (χ0) is 38.2. The number of carbonyl (C=O) groups excluding carboxylic acids is 3. The summed E-state index contributed by atoms with van der Waals surface area (Å²) in [4.78, 5) is 46.6. The molecule has 4 heterocycles. The number of aromatic nitrogens is 1. The maximum absolute atomic E-state index is 14.2. The molecule has 6 rings (SSSR count). The van der Waals surface area contributed by atoms with E-state index in [-0.39, 0.29) is 24.3 Å². The Bertz CT molecular complexity index is 1990. The fourth-order valence-corrected chi connectivity index (χ4v) is 7.74. The minimum Gasteiger partial charge on any atom is -0.495 e. The number of nitrogens with one attached hydrogen (secondary N) is 1. The third kappa shape index (κ3) is 7.70. The molecular formula is C39H45ClN4O9. The van der Waals surface area contributed by atoms with Crippen molar-refractivity contribution in [3.05, 3.63) is 77.0 Å². The average Bonchev–Trinajstić information content (AvgIpc) is 3.82. The molecule has 14 heteroatoms. The van der Waals surface area contributed by atoms with Crippen molar-refractivity contribution in [1.29, 1.82) is 0 Å². The molecule has 2 aromatic carbocycles. The maximum atomic E-state index is 14.2. The van der Waals surface area contributed by atoms with Gasteiger partial charge in [0.1, 0.15) is 40.3 Å². The van der Waals surface area contributed by atoms with E-state index >= 15 is 0 Å². The molecule has 0 radical (unpaired) electrons. The third-order valence-corrected chi connectivity index (χ3v) is 10.9.